The summed E-state index contributed by atoms with van der Waals surface area (Å²) in [4.78, 5) is 11.1. The minimum absolute atomic E-state index is 0.224. The molecule has 33 heavy (non-hydrogen) atoms. The number of ether oxygens (including phenoxy) is 1. The van der Waals surface area contributed by atoms with Gasteiger partial charge in [0.2, 0.25) is 10.0 Å². The van der Waals surface area contributed by atoms with E-state index in [0.29, 0.717) is 18.6 Å². The van der Waals surface area contributed by atoms with Crippen molar-refractivity contribution in [3.05, 3.63) is 82.9 Å². The van der Waals surface area contributed by atoms with Crippen LogP contribution in [0.15, 0.2) is 65.6 Å². The Labute approximate surface area is 194 Å². The van der Waals surface area contributed by atoms with E-state index in [2.05, 4.69) is 10.8 Å². The number of benzene rings is 3. The summed E-state index contributed by atoms with van der Waals surface area (Å²) in [5.74, 6) is -0.553. The van der Waals surface area contributed by atoms with Gasteiger partial charge in [0.1, 0.15) is 5.75 Å². The van der Waals surface area contributed by atoms with Gasteiger partial charge < -0.3 is 9.84 Å². The molecule has 1 aliphatic carbocycles. The van der Waals surface area contributed by atoms with Crippen molar-refractivity contribution < 1.29 is 23.1 Å². The van der Waals surface area contributed by atoms with Gasteiger partial charge in [0, 0.05) is 6.04 Å². The van der Waals surface area contributed by atoms with Crippen LogP contribution < -0.4 is 9.46 Å². The van der Waals surface area contributed by atoms with Gasteiger partial charge in [-0.15, -0.1) is 0 Å². The summed E-state index contributed by atoms with van der Waals surface area (Å²) in [6, 6.07) is 18.3. The van der Waals surface area contributed by atoms with E-state index in [1.54, 1.807) is 24.3 Å². The number of aliphatic carboxylic acids is 1. The molecule has 2 N–H and O–H groups in total. The number of hydrogen-bond donors (Lipinski definition) is 2. The fourth-order valence-electron chi connectivity index (χ4n) is 4.41. The first-order chi connectivity index (χ1) is 15.7. The van der Waals surface area contributed by atoms with Crippen molar-refractivity contribution in [3.8, 4) is 16.9 Å². The van der Waals surface area contributed by atoms with E-state index in [9.17, 15) is 13.2 Å². The zero-order chi connectivity index (χ0) is 23.6. The minimum atomic E-state index is -3.76. The highest BCUT2D eigenvalue weighted by Gasteiger charge is 2.28. The van der Waals surface area contributed by atoms with Crippen molar-refractivity contribution in [1.82, 2.24) is 4.72 Å². The fraction of sp³-hybridized carbons (Fsp3) is 0.269. The lowest BCUT2D eigenvalue weighted by atomic mass is 9.87. The molecule has 0 saturated heterocycles. The molecule has 7 heteroatoms. The van der Waals surface area contributed by atoms with Crippen LogP contribution in [0.3, 0.4) is 0 Å². The topological polar surface area (TPSA) is 92.7 Å². The summed E-state index contributed by atoms with van der Waals surface area (Å²) in [6.07, 6.45) is 2.15. The summed E-state index contributed by atoms with van der Waals surface area (Å²) in [5, 5.41) is 8.92. The molecule has 0 spiro atoms. The molecule has 3 aromatic rings. The van der Waals surface area contributed by atoms with Gasteiger partial charge in [-0.05, 0) is 79.1 Å². The Bertz CT molecular complexity index is 1300. The number of rotatable bonds is 7. The van der Waals surface area contributed by atoms with Gasteiger partial charge in [0.15, 0.2) is 6.61 Å². The molecule has 0 bridgehead atoms. The summed E-state index contributed by atoms with van der Waals surface area (Å²) < 4.78 is 34.8. The van der Waals surface area contributed by atoms with Crippen molar-refractivity contribution in [3.63, 3.8) is 0 Å². The number of aryl methyl sites for hydroxylation is 2. The van der Waals surface area contributed by atoms with Crippen LogP contribution in [0.5, 0.6) is 5.75 Å². The van der Waals surface area contributed by atoms with Gasteiger partial charge in [-0.3, -0.25) is 0 Å². The lowest BCUT2D eigenvalue weighted by Gasteiger charge is -2.27. The molecule has 0 fully saturated rings. The Morgan fingerprint density at radius 1 is 1.09 bits per heavy atom. The van der Waals surface area contributed by atoms with Crippen molar-refractivity contribution in [1.29, 1.82) is 0 Å². The van der Waals surface area contributed by atoms with Crippen molar-refractivity contribution in [2.45, 2.75) is 44.0 Å². The van der Waals surface area contributed by atoms with Gasteiger partial charge in [0.25, 0.3) is 0 Å². The van der Waals surface area contributed by atoms with Crippen LogP contribution in [0, 0.1) is 13.8 Å². The van der Waals surface area contributed by atoms with Crippen LogP contribution in [-0.4, -0.2) is 26.1 Å². The molecular formula is C26H27NO5S. The van der Waals surface area contributed by atoms with Gasteiger partial charge in [0.05, 0.1) is 4.90 Å². The minimum Gasteiger partial charge on any atom is -0.482 e. The Hall–Kier alpha value is -3.16. The van der Waals surface area contributed by atoms with Crippen LogP contribution in [0.4, 0.5) is 0 Å². The Balaban J connectivity index is 1.60. The average molecular weight is 466 g/mol. The molecule has 1 unspecified atom stereocenters. The first-order valence-corrected chi connectivity index (χ1v) is 12.4. The molecular weight excluding hydrogens is 438 g/mol. The van der Waals surface area contributed by atoms with Crippen molar-refractivity contribution >= 4 is 16.0 Å². The molecule has 0 aliphatic heterocycles. The Morgan fingerprint density at radius 3 is 2.61 bits per heavy atom. The second kappa shape index (κ2) is 9.37. The van der Waals surface area contributed by atoms with Crippen LogP contribution >= 0.6 is 0 Å². The van der Waals surface area contributed by atoms with E-state index in [1.807, 2.05) is 44.2 Å². The molecule has 0 radical (unpaired) electrons. The summed E-state index contributed by atoms with van der Waals surface area (Å²) in [6.45, 7) is 3.51. The molecule has 1 atom stereocenters. The number of nitrogens with one attached hydrogen (secondary N) is 1. The third-order valence-corrected chi connectivity index (χ3v) is 7.42. The second-order valence-corrected chi connectivity index (χ2v) is 10.1. The zero-order valence-electron chi connectivity index (χ0n) is 18.7. The maximum Gasteiger partial charge on any atom is 0.341 e. The molecule has 0 heterocycles. The number of fused-ring (bicyclic) bond motifs is 1. The van der Waals surface area contributed by atoms with Gasteiger partial charge >= 0.3 is 5.97 Å². The van der Waals surface area contributed by atoms with E-state index >= 15 is 0 Å². The normalized spacial score (nSPS) is 15.6. The fourth-order valence-corrected chi connectivity index (χ4v) is 5.74. The first kappa shape index (κ1) is 23.0. The number of hydrogen-bond acceptors (Lipinski definition) is 4. The first-order valence-electron chi connectivity index (χ1n) is 10.9. The van der Waals surface area contributed by atoms with Gasteiger partial charge in [-0.25, -0.2) is 17.9 Å². The predicted molar refractivity (Wildman–Crippen MR) is 127 cm³/mol. The smallest absolute Gasteiger partial charge is 0.341 e. The standard InChI is InChI=1S/C26H27NO5S/c1-17-6-3-7-19(14-17)21-13-12-20(15-18(21)2)33(30,31)27-24-10-4-9-23-22(24)8-5-11-25(23)32-16-26(28)29/h3,5-8,11-15,24,27H,4,9-10,16H2,1-2H3,(H,28,29). The highest BCUT2D eigenvalue weighted by Crippen LogP contribution is 2.36. The second-order valence-electron chi connectivity index (χ2n) is 8.42. The van der Waals surface area contributed by atoms with Crippen LogP contribution in [0.2, 0.25) is 0 Å². The lowest BCUT2D eigenvalue weighted by molar-refractivity contribution is -0.139. The zero-order valence-corrected chi connectivity index (χ0v) is 19.5. The van der Waals surface area contributed by atoms with E-state index in [4.69, 9.17) is 9.84 Å². The van der Waals surface area contributed by atoms with Crippen molar-refractivity contribution in [2.75, 3.05) is 6.61 Å². The summed E-state index contributed by atoms with van der Waals surface area (Å²) >= 11 is 0. The molecule has 172 valence electrons. The maximum atomic E-state index is 13.2. The number of carboxylic acids is 1. The van der Waals surface area contributed by atoms with Gasteiger partial charge in [-0.2, -0.15) is 0 Å². The number of carbonyl (C=O) groups is 1. The third kappa shape index (κ3) is 5.10. The third-order valence-electron chi connectivity index (χ3n) is 5.95. The summed E-state index contributed by atoms with van der Waals surface area (Å²) in [7, 11) is -3.76. The lowest BCUT2D eigenvalue weighted by Crippen LogP contribution is -2.31. The highest BCUT2D eigenvalue weighted by atomic mass is 32.2. The van der Waals surface area contributed by atoms with E-state index in [0.717, 1.165) is 39.8 Å². The highest BCUT2D eigenvalue weighted by molar-refractivity contribution is 7.89. The van der Waals surface area contributed by atoms with Crippen LogP contribution in [-0.2, 0) is 21.2 Å². The molecule has 0 aromatic heterocycles. The van der Waals surface area contributed by atoms with E-state index < -0.39 is 28.6 Å². The summed E-state index contributed by atoms with van der Waals surface area (Å²) in [5.41, 5.74) is 5.79. The predicted octanol–water partition coefficient (Wildman–Crippen LogP) is 4.79. The Morgan fingerprint density at radius 2 is 1.88 bits per heavy atom. The maximum absolute atomic E-state index is 13.2. The van der Waals surface area contributed by atoms with E-state index in [-0.39, 0.29) is 4.90 Å². The molecule has 6 nitrogen and oxygen atoms in total. The monoisotopic (exact) mass is 465 g/mol. The van der Waals surface area contributed by atoms with Gasteiger partial charge in [-0.1, -0.05) is 48.0 Å². The molecule has 4 rings (SSSR count). The Kier molecular flexibility index (Phi) is 6.54. The number of sulfonamides is 1. The quantitative estimate of drug-likeness (QED) is 0.523. The van der Waals surface area contributed by atoms with E-state index in [1.165, 1.54) is 0 Å². The van der Waals surface area contributed by atoms with Crippen LogP contribution in [0.1, 0.15) is 41.1 Å². The van der Waals surface area contributed by atoms with Crippen molar-refractivity contribution in [2.24, 2.45) is 0 Å². The SMILES string of the molecule is Cc1cccc(-c2ccc(S(=O)(=O)NC3CCCc4c(OCC(=O)O)cccc43)cc2C)c1. The largest absolute Gasteiger partial charge is 0.482 e. The number of carboxylic acid groups (broad SMARTS) is 1. The molecule has 1 aliphatic rings. The van der Waals surface area contributed by atoms with Crippen LogP contribution in [0.25, 0.3) is 11.1 Å². The molecule has 3 aromatic carbocycles. The molecule has 0 saturated carbocycles. The average Bonchev–Trinajstić information content (AvgIpc) is 2.77. The molecule has 0 amide bonds.